The van der Waals surface area contributed by atoms with E-state index in [1.54, 1.807) is 18.0 Å². The van der Waals surface area contributed by atoms with E-state index in [0.717, 1.165) is 18.1 Å². The quantitative estimate of drug-likeness (QED) is 0.746. The molecule has 0 spiro atoms. The van der Waals surface area contributed by atoms with Gasteiger partial charge in [0.2, 0.25) is 0 Å². The molecule has 1 heterocycles. The Bertz CT molecular complexity index is 302. The van der Waals surface area contributed by atoms with E-state index in [1.165, 1.54) is 5.56 Å². The smallest absolute Gasteiger partial charge is 0.113 e. The Morgan fingerprint density at radius 3 is 2.94 bits per heavy atom. The van der Waals surface area contributed by atoms with E-state index >= 15 is 0 Å². The largest absolute Gasteiger partial charge is 0.468 e. The van der Waals surface area contributed by atoms with Crippen molar-refractivity contribution in [3.8, 4) is 0 Å². The second kappa shape index (κ2) is 6.96. The van der Waals surface area contributed by atoms with Crippen LogP contribution in [0.1, 0.15) is 11.3 Å². The van der Waals surface area contributed by atoms with Crippen molar-refractivity contribution in [2.75, 3.05) is 26.4 Å². The van der Waals surface area contributed by atoms with Crippen LogP contribution < -0.4 is 5.73 Å². The predicted octanol–water partition coefficient (Wildman–Crippen LogP) is 0.894. The number of aliphatic hydroxyl groups excluding tert-OH is 1. The van der Waals surface area contributed by atoms with Gasteiger partial charge in [0.25, 0.3) is 0 Å². The standard InChI is InChI=1S/C11H20N2O2S/c1-13(2)5-9-3-11(15-6-9)8-16-7-10(14)4-12/h3,6,10,14H,4-5,7-8,12H2,1-2H3. The van der Waals surface area contributed by atoms with Crippen LogP contribution in [-0.4, -0.2) is 42.5 Å². The summed E-state index contributed by atoms with van der Waals surface area (Å²) in [5.74, 6) is 2.39. The van der Waals surface area contributed by atoms with E-state index in [-0.39, 0.29) is 0 Å². The minimum atomic E-state index is -0.416. The van der Waals surface area contributed by atoms with E-state index < -0.39 is 6.10 Å². The average Bonchev–Trinajstić information content (AvgIpc) is 2.64. The van der Waals surface area contributed by atoms with Crippen LogP contribution in [0.5, 0.6) is 0 Å². The Hall–Kier alpha value is -0.490. The van der Waals surface area contributed by atoms with Crippen molar-refractivity contribution in [2.45, 2.75) is 18.4 Å². The molecule has 0 saturated carbocycles. The highest BCUT2D eigenvalue weighted by molar-refractivity contribution is 7.98. The number of furan rings is 1. The molecule has 1 atom stereocenters. The lowest BCUT2D eigenvalue weighted by atomic mass is 10.3. The zero-order valence-corrected chi connectivity index (χ0v) is 10.7. The number of rotatable bonds is 7. The second-order valence-electron chi connectivity index (χ2n) is 4.06. The Labute approximate surface area is 101 Å². The van der Waals surface area contributed by atoms with Crippen molar-refractivity contribution in [3.63, 3.8) is 0 Å². The number of nitrogens with zero attached hydrogens (tertiary/aromatic N) is 1. The first-order valence-electron chi connectivity index (χ1n) is 5.28. The molecule has 3 N–H and O–H groups in total. The number of aliphatic hydroxyl groups is 1. The maximum absolute atomic E-state index is 9.28. The summed E-state index contributed by atoms with van der Waals surface area (Å²) < 4.78 is 5.42. The maximum atomic E-state index is 9.28. The molecular formula is C11H20N2O2S. The van der Waals surface area contributed by atoms with Gasteiger partial charge in [-0.3, -0.25) is 0 Å². The third kappa shape index (κ3) is 5.03. The summed E-state index contributed by atoms with van der Waals surface area (Å²) in [7, 11) is 4.05. The van der Waals surface area contributed by atoms with Crippen LogP contribution >= 0.6 is 11.8 Å². The number of nitrogens with two attached hydrogens (primary N) is 1. The zero-order chi connectivity index (χ0) is 12.0. The van der Waals surface area contributed by atoms with E-state index in [2.05, 4.69) is 11.0 Å². The molecule has 1 aromatic heterocycles. The van der Waals surface area contributed by atoms with Gasteiger partial charge in [-0.25, -0.2) is 0 Å². The molecule has 0 aromatic carbocycles. The molecule has 1 aromatic rings. The second-order valence-corrected chi connectivity index (χ2v) is 5.09. The summed E-state index contributed by atoms with van der Waals surface area (Å²) in [5.41, 5.74) is 6.50. The number of hydrogen-bond acceptors (Lipinski definition) is 5. The normalized spacial score (nSPS) is 13.3. The summed E-state index contributed by atoms with van der Waals surface area (Å²) in [4.78, 5) is 2.10. The topological polar surface area (TPSA) is 62.6 Å². The molecule has 0 bridgehead atoms. The van der Waals surface area contributed by atoms with Crippen LogP contribution in [0.3, 0.4) is 0 Å². The molecule has 0 aliphatic rings. The van der Waals surface area contributed by atoms with Gasteiger partial charge < -0.3 is 20.2 Å². The molecule has 0 radical (unpaired) electrons. The summed E-state index contributed by atoms with van der Waals surface area (Å²) in [6.45, 7) is 1.20. The third-order valence-corrected chi connectivity index (χ3v) is 3.14. The fourth-order valence-electron chi connectivity index (χ4n) is 1.31. The first-order chi connectivity index (χ1) is 7.61. The van der Waals surface area contributed by atoms with E-state index in [9.17, 15) is 5.11 Å². The van der Waals surface area contributed by atoms with Gasteiger partial charge in [-0.2, -0.15) is 11.8 Å². The van der Waals surface area contributed by atoms with Crippen molar-refractivity contribution in [3.05, 3.63) is 23.7 Å². The summed E-state index contributed by atoms with van der Waals surface area (Å²) in [6.07, 6.45) is 1.37. The van der Waals surface area contributed by atoms with Gasteiger partial charge in [-0.05, 0) is 20.2 Å². The molecule has 92 valence electrons. The lowest BCUT2D eigenvalue weighted by Crippen LogP contribution is -2.21. The highest BCUT2D eigenvalue weighted by Crippen LogP contribution is 2.16. The molecule has 0 aliphatic heterocycles. The molecule has 5 heteroatoms. The molecular weight excluding hydrogens is 224 g/mol. The number of thioether (sulfide) groups is 1. The Kier molecular flexibility index (Phi) is 5.90. The van der Waals surface area contributed by atoms with Gasteiger partial charge in [-0.1, -0.05) is 0 Å². The summed E-state index contributed by atoms with van der Waals surface area (Å²) in [6, 6.07) is 2.06. The average molecular weight is 244 g/mol. The van der Waals surface area contributed by atoms with Crippen LogP contribution in [-0.2, 0) is 12.3 Å². The van der Waals surface area contributed by atoms with Crippen molar-refractivity contribution >= 4 is 11.8 Å². The number of hydrogen-bond donors (Lipinski definition) is 2. The van der Waals surface area contributed by atoms with Gasteiger partial charge in [0.05, 0.1) is 18.1 Å². The van der Waals surface area contributed by atoms with Crippen molar-refractivity contribution < 1.29 is 9.52 Å². The molecule has 0 aliphatic carbocycles. The van der Waals surface area contributed by atoms with Gasteiger partial charge in [-0.15, -0.1) is 0 Å². The van der Waals surface area contributed by atoms with E-state index in [4.69, 9.17) is 10.2 Å². The molecule has 1 unspecified atom stereocenters. The minimum Gasteiger partial charge on any atom is -0.468 e. The SMILES string of the molecule is CN(C)Cc1coc(CSCC(O)CN)c1. The maximum Gasteiger partial charge on any atom is 0.113 e. The van der Waals surface area contributed by atoms with Gasteiger partial charge >= 0.3 is 0 Å². The highest BCUT2D eigenvalue weighted by atomic mass is 32.2. The molecule has 1 rings (SSSR count). The third-order valence-electron chi connectivity index (χ3n) is 2.03. The molecule has 0 amide bonds. The highest BCUT2D eigenvalue weighted by Gasteiger charge is 2.05. The van der Waals surface area contributed by atoms with Gasteiger partial charge in [0, 0.05) is 24.4 Å². The Balaban J connectivity index is 2.29. The van der Waals surface area contributed by atoms with Gasteiger partial charge in [0.15, 0.2) is 0 Å². The Morgan fingerprint density at radius 1 is 1.56 bits per heavy atom. The summed E-state index contributed by atoms with van der Waals surface area (Å²) >= 11 is 1.63. The van der Waals surface area contributed by atoms with Gasteiger partial charge in [0.1, 0.15) is 5.76 Å². The minimum absolute atomic E-state index is 0.317. The van der Waals surface area contributed by atoms with Crippen molar-refractivity contribution in [1.29, 1.82) is 0 Å². The van der Waals surface area contributed by atoms with Crippen molar-refractivity contribution in [1.82, 2.24) is 4.90 Å². The molecule has 4 nitrogen and oxygen atoms in total. The molecule has 0 fully saturated rings. The zero-order valence-electron chi connectivity index (χ0n) is 9.85. The van der Waals surface area contributed by atoms with E-state index in [0.29, 0.717) is 12.3 Å². The van der Waals surface area contributed by atoms with Crippen molar-refractivity contribution in [2.24, 2.45) is 5.73 Å². The monoisotopic (exact) mass is 244 g/mol. The fraction of sp³-hybridized carbons (Fsp3) is 0.636. The molecule has 16 heavy (non-hydrogen) atoms. The van der Waals surface area contributed by atoms with Crippen LogP contribution in [0.25, 0.3) is 0 Å². The first kappa shape index (κ1) is 13.6. The van der Waals surface area contributed by atoms with Crippen LogP contribution in [0.2, 0.25) is 0 Å². The lowest BCUT2D eigenvalue weighted by molar-refractivity contribution is 0.208. The predicted molar refractivity (Wildman–Crippen MR) is 67.3 cm³/mol. The van der Waals surface area contributed by atoms with Crippen LogP contribution in [0.15, 0.2) is 16.7 Å². The van der Waals surface area contributed by atoms with E-state index in [1.807, 2.05) is 14.1 Å². The molecule has 0 saturated heterocycles. The van der Waals surface area contributed by atoms with Crippen LogP contribution in [0, 0.1) is 0 Å². The lowest BCUT2D eigenvalue weighted by Gasteiger charge is -2.06. The van der Waals surface area contributed by atoms with Crippen LogP contribution in [0.4, 0.5) is 0 Å². The first-order valence-corrected chi connectivity index (χ1v) is 6.44. The Morgan fingerprint density at radius 2 is 2.31 bits per heavy atom. The summed E-state index contributed by atoms with van der Waals surface area (Å²) in [5, 5.41) is 9.28. The fourth-order valence-corrected chi connectivity index (χ4v) is 2.19.